The van der Waals surface area contributed by atoms with Crippen molar-refractivity contribution in [3.63, 3.8) is 0 Å². The van der Waals surface area contributed by atoms with Crippen LogP contribution in [-0.4, -0.2) is 12.2 Å². The van der Waals surface area contributed by atoms with Gasteiger partial charge >= 0.3 is 0 Å². The van der Waals surface area contributed by atoms with E-state index in [4.69, 9.17) is 4.74 Å². The van der Waals surface area contributed by atoms with Gasteiger partial charge in [0.25, 0.3) is 0 Å². The minimum absolute atomic E-state index is 0.177. The fraction of sp³-hybridized carbons (Fsp3) is 0.647. The van der Waals surface area contributed by atoms with Crippen molar-refractivity contribution >= 4 is 0 Å². The first-order valence-electron chi connectivity index (χ1n) is 7.08. The van der Waals surface area contributed by atoms with E-state index in [0.29, 0.717) is 0 Å². The normalized spacial score (nSPS) is 29.5. The van der Waals surface area contributed by atoms with Crippen molar-refractivity contribution < 1.29 is 9.84 Å². The molecule has 2 rings (SSSR count). The average Bonchev–Trinajstić information content (AvgIpc) is 2.46. The van der Waals surface area contributed by atoms with Crippen LogP contribution in [0.4, 0.5) is 0 Å². The molecular weight excluding hydrogens is 236 g/mol. The lowest BCUT2D eigenvalue weighted by Crippen LogP contribution is -2.30. The number of aliphatic hydroxyl groups is 1. The first-order chi connectivity index (χ1) is 8.69. The van der Waals surface area contributed by atoms with Gasteiger partial charge in [0.15, 0.2) is 0 Å². The third-order valence-electron chi connectivity index (χ3n) is 4.52. The molecule has 0 radical (unpaired) electrons. The van der Waals surface area contributed by atoms with Crippen LogP contribution in [-0.2, 0) is 5.60 Å². The minimum Gasteiger partial charge on any atom is -0.496 e. The van der Waals surface area contributed by atoms with Crippen LogP contribution in [0, 0.1) is 25.2 Å². The van der Waals surface area contributed by atoms with Crippen LogP contribution in [0.1, 0.15) is 50.3 Å². The molecule has 1 aliphatic carbocycles. The van der Waals surface area contributed by atoms with E-state index >= 15 is 0 Å². The predicted molar refractivity (Wildman–Crippen MR) is 78.5 cm³/mol. The fourth-order valence-electron chi connectivity index (χ4n) is 3.95. The molecule has 1 saturated carbocycles. The fourth-order valence-corrected chi connectivity index (χ4v) is 3.95. The SMILES string of the molecule is COc1cc(C)cc(C)c1C1(O)CC(C)(C)CC1C. The number of aryl methyl sites for hydroxylation is 2. The van der Waals surface area contributed by atoms with Gasteiger partial charge in [0, 0.05) is 5.56 Å². The van der Waals surface area contributed by atoms with Crippen LogP contribution in [0.2, 0.25) is 0 Å². The molecule has 2 atom stereocenters. The van der Waals surface area contributed by atoms with Crippen molar-refractivity contribution in [1.82, 2.24) is 0 Å². The Labute approximate surface area is 116 Å². The van der Waals surface area contributed by atoms with E-state index in [1.807, 2.05) is 6.07 Å². The van der Waals surface area contributed by atoms with Crippen LogP contribution in [0.25, 0.3) is 0 Å². The molecule has 0 saturated heterocycles. The van der Waals surface area contributed by atoms with E-state index in [0.717, 1.165) is 29.7 Å². The van der Waals surface area contributed by atoms with Crippen molar-refractivity contribution in [3.05, 3.63) is 28.8 Å². The van der Waals surface area contributed by atoms with Crippen molar-refractivity contribution in [3.8, 4) is 5.75 Å². The Hall–Kier alpha value is -1.02. The van der Waals surface area contributed by atoms with Crippen LogP contribution in [0.5, 0.6) is 5.75 Å². The van der Waals surface area contributed by atoms with Crippen LogP contribution >= 0.6 is 0 Å². The second kappa shape index (κ2) is 4.52. The third-order valence-corrected chi connectivity index (χ3v) is 4.52. The molecule has 0 heterocycles. The van der Waals surface area contributed by atoms with E-state index in [9.17, 15) is 5.11 Å². The van der Waals surface area contributed by atoms with E-state index < -0.39 is 5.60 Å². The van der Waals surface area contributed by atoms with Crippen molar-refractivity contribution in [2.24, 2.45) is 11.3 Å². The maximum Gasteiger partial charge on any atom is 0.125 e. The Morgan fingerprint density at radius 3 is 2.37 bits per heavy atom. The lowest BCUT2D eigenvalue weighted by molar-refractivity contribution is -0.00345. The van der Waals surface area contributed by atoms with Gasteiger partial charge in [0.05, 0.1) is 12.7 Å². The van der Waals surface area contributed by atoms with Gasteiger partial charge in [0.2, 0.25) is 0 Å². The van der Waals surface area contributed by atoms with Crippen LogP contribution in [0.15, 0.2) is 12.1 Å². The molecule has 0 amide bonds. The summed E-state index contributed by atoms with van der Waals surface area (Å²) in [4.78, 5) is 0. The van der Waals surface area contributed by atoms with Gasteiger partial charge in [-0.25, -0.2) is 0 Å². The van der Waals surface area contributed by atoms with Gasteiger partial charge < -0.3 is 9.84 Å². The lowest BCUT2D eigenvalue weighted by Gasteiger charge is -2.32. The molecule has 1 N–H and O–H groups in total. The number of methoxy groups -OCH3 is 1. The summed E-state index contributed by atoms with van der Waals surface area (Å²) in [6, 6.07) is 4.16. The molecule has 1 aliphatic rings. The highest BCUT2D eigenvalue weighted by Gasteiger charge is 2.50. The smallest absolute Gasteiger partial charge is 0.125 e. The molecule has 2 heteroatoms. The Morgan fingerprint density at radius 2 is 1.89 bits per heavy atom. The standard InChI is InChI=1S/C17H26O2/c1-11-7-12(2)15(14(8-11)19-6)17(18)10-16(4,5)9-13(17)3/h7-8,13,18H,9-10H2,1-6H3. The summed E-state index contributed by atoms with van der Waals surface area (Å²) in [6.07, 6.45) is 1.83. The Bertz CT molecular complexity index is 490. The second-order valence-electron chi connectivity index (χ2n) is 7.03. The predicted octanol–water partition coefficient (Wildman–Crippen LogP) is 3.96. The average molecular weight is 262 g/mol. The van der Waals surface area contributed by atoms with Crippen LogP contribution < -0.4 is 4.74 Å². The Morgan fingerprint density at radius 1 is 1.26 bits per heavy atom. The zero-order valence-electron chi connectivity index (χ0n) is 13.0. The second-order valence-corrected chi connectivity index (χ2v) is 7.03. The van der Waals surface area contributed by atoms with Gasteiger partial charge in [-0.05, 0) is 55.2 Å². The van der Waals surface area contributed by atoms with Crippen LogP contribution in [0.3, 0.4) is 0 Å². The lowest BCUT2D eigenvalue weighted by atomic mass is 9.80. The number of hydrogen-bond acceptors (Lipinski definition) is 2. The van der Waals surface area contributed by atoms with E-state index in [-0.39, 0.29) is 11.3 Å². The van der Waals surface area contributed by atoms with E-state index in [2.05, 4.69) is 40.7 Å². The molecule has 1 fully saturated rings. The van der Waals surface area contributed by atoms with E-state index in [1.54, 1.807) is 7.11 Å². The summed E-state index contributed by atoms with van der Waals surface area (Å²) in [5.41, 5.74) is 2.69. The summed E-state index contributed by atoms with van der Waals surface area (Å²) in [6.45, 7) is 10.7. The van der Waals surface area contributed by atoms with Crippen molar-refractivity contribution in [1.29, 1.82) is 0 Å². The molecular formula is C17H26O2. The summed E-state index contributed by atoms with van der Waals surface area (Å²) >= 11 is 0. The van der Waals surface area contributed by atoms with Gasteiger partial charge in [-0.3, -0.25) is 0 Å². The highest BCUT2D eigenvalue weighted by Crippen LogP contribution is 2.55. The quantitative estimate of drug-likeness (QED) is 0.874. The summed E-state index contributed by atoms with van der Waals surface area (Å²) in [7, 11) is 1.69. The summed E-state index contributed by atoms with van der Waals surface area (Å²) in [5.74, 6) is 1.07. The molecule has 0 bridgehead atoms. The molecule has 2 unspecified atom stereocenters. The number of ether oxygens (including phenoxy) is 1. The van der Waals surface area contributed by atoms with Gasteiger partial charge in [-0.1, -0.05) is 26.8 Å². The first kappa shape index (κ1) is 14.4. The molecule has 106 valence electrons. The highest BCUT2D eigenvalue weighted by molar-refractivity contribution is 5.47. The van der Waals surface area contributed by atoms with Gasteiger partial charge in [0.1, 0.15) is 5.75 Å². The summed E-state index contributed by atoms with van der Waals surface area (Å²) in [5, 5.41) is 11.3. The molecule has 0 spiro atoms. The van der Waals surface area contributed by atoms with Crippen molar-refractivity contribution in [2.75, 3.05) is 7.11 Å². The molecule has 0 aliphatic heterocycles. The largest absolute Gasteiger partial charge is 0.496 e. The Kier molecular flexibility index (Phi) is 3.42. The number of hydrogen-bond donors (Lipinski definition) is 1. The maximum absolute atomic E-state index is 11.3. The number of benzene rings is 1. The van der Waals surface area contributed by atoms with E-state index in [1.165, 1.54) is 5.56 Å². The number of rotatable bonds is 2. The molecule has 1 aromatic carbocycles. The third kappa shape index (κ3) is 2.38. The van der Waals surface area contributed by atoms with Gasteiger partial charge in [-0.2, -0.15) is 0 Å². The topological polar surface area (TPSA) is 29.5 Å². The zero-order valence-corrected chi connectivity index (χ0v) is 13.0. The Balaban J connectivity index is 2.58. The van der Waals surface area contributed by atoms with Crippen molar-refractivity contribution in [2.45, 2.75) is 53.1 Å². The zero-order chi connectivity index (χ0) is 14.4. The van der Waals surface area contributed by atoms with Gasteiger partial charge in [-0.15, -0.1) is 0 Å². The first-order valence-corrected chi connectivity index (χ1v) is 7.08. The molecule has 19 heavy (non-hydrogen) atoms. The molecule has 1 aromatic rings. The summed E-state index contributed by atoms with van der Waals surface area (Å²) < 4.78 is 5.54. The molecule has 2 nitrogen and oxygen atoms in total. The maximum atomic E-state index is 11.3. The highest BCUT2D eigenvalue weighted by atomic mass is 16.5. The monoisotopic (exact) mass is 262 g/mol. The minimum atomic E-state index is -0.771. The molecule has 0 aromatic heterocycles.